The minimum Gasteiger partial charge on any atom is -0.236 e. The van der Waals surface area contributed by atoms with Gasteiger partial charge in [-0.3, -0.25) is 0 Å². The number of hydrogen-bond donors (Lipinski definition) is 0. The molecule has 0 unspecified atom stereocenters. The zero-order valence-corrected chi connectivity index (χ0v) is 11.3. The number of halogens is 3. The lowest BCUT2D eigenvalue weighted by Gasteiger charge is -2.07. The normalized spacial score (nSPS) is 10.1. The lowest BCUT2D eigenvalue weighted by molar-refractivity contribution is 0.873. The Hall–Kier alpha value is -1.47. The Bertz CT molecular complexity index is 645. The number of aromatic nitrogens is 2. The molecule has 1 aromatic heterocycles. The summed E-state index contributed by atoms with van der Waals surface area (Å²) in [5.41, 5.74) is 1.35. The number of nitrogens with zero attached hydrogens (tertiary/aromatic N) is 3. The van der Waals surface area contributed by atoms with Crippen LogP contribution in [0.1, 0.15) is 11.3 Å². The van der Waals surface area contributed by atoms with Gasteiger partial charge < -0.3 is 0 Å². The van der Waals surface area contributed by atoms with Crippen LogP contribution in [0.25, 0.3) is 11.8 Å². The van der Waals surface area contributed by atoms with Gasteiger partial charge in [0, 0.05) is 16.8 Å². The molecule has 0 saturated heterocycles. The lowest BCUT2D eigenvalue weighted by Crippen LogP contribution is -1.97. The first-order valence-corrected chi connectivity index (χ1v) is 5.97. The van der Waals surface area contributed by atoms with Crippen LogP contribution in [-0.4, -0.2) is 9.78 Å². The topological polar surface area (TPSA) is 41.6 Å². The summed E-state index contributed by atoms with van der Waals surface area (Å²) in [7, 11) is 0. The highest BCUT2D eigenvalue weighted by atomic mass is 35.5. The third-order valence-electron chi connectivity index (χ3n) is 2.28. The molecule has 0 atom stereocenters. The standard InChI is InChI=1S/C12H6Cl3N3/c1-2-7-6-18(17-11(7)5-16)12-9(14)3-8(13)4-10(12)15/h2-4,6H,1H2. The van der Waals surface area contributed by atoms with Crippen molar-refractivity contribution in [3.05, 3.63) is 51.2 Å². The predicted molar refractivity (Wildman–Crippen MR) is 73.4 cm³/mol. The van der Waals surface area contributed by atoms with Crippen LogP contribution < -0.4 is 0 Å². The van der Waals surface area contributed by atoms with E-state index in [2.05, 4.69) is 11.7 Å². The number of nitriles is 1. The average molecular weight is 299 g/mol. The van der Waals surface area contributed by atoms with Gasteiger partial charge in [-0.05, 0) is 12.1 Å². The minimum absolute atomic E-state index is 0.257. The van der Waals surface area contributed by atoms with Crippen LogP contribution in [0.2, 0.25) is 15.1 Å². The minimum atomic E-state index is 0.257. The molecule has 0 amide bonds. The van der Waals surface area contributed by atoms with E-state index in [1.54, 1.807) is 24.4 Å². The van der Waals surface area contributed by atoms with E-state index < -0.39 is 0 Å². The van der Waals surface area contributed by atoms with Crippen molar-refractivity contribution in [2.24, 2.45) is 0 Å². The van der Waals surface area contributed by atoms with Gasteiger partial charge in [0.15, 0.2) is 5.69 Å². The Morgan fingerprint density at radius 3 is 2.33 bits per heavy atom. The summed E-state index contributed by atoms with van der Waals surface area (Å²) in [6.07, 6.45) is 3.17. The molecular weight excluding hydrogens is 293 g/mol. The van der Waals surface area contributed by atoms with Gasteiger partial charge in [0.25, 0.3) is 0 Å². The third kappa shape index (κ3) is 2.23. The van der Waals surface area contributed by atoms with Crippen LogP contribution in [0.3, 0.4) is 0 Å². The molecule has 1 heterocycles. The summed E-state index contributed by atoms with van der Waals surface area (Å²) in [6, 6.07) is 5.09. The van der Waals surface area contributed by atoms with E-state index in [1.807, 2.05) is 6.07 Å². The summed E-state index contributed by atoms with van der Waals surface area (Å²) >= 11 is 18.0. The van der Waals surface area contributed by atoms with Crippen molar-refractivity contribution >= 4 is 40.9 Å². The van der Waals surface area contributed by atoms with Crippen molar-refractivity contribution in [3.63, 3.8) is 0 Å². The second kappa shape index (κ2) is 5.03. The van der Waals surface area contributed by atoms with Gasteiger partial charge in [0.05, 0.1) is 10.0 Å². The van der Waals surface area contributed by atoms with Crippen molar-refractivity contribution in [1.29, 1.82) is 5.26 Å². The fraction of sp³-hybridized carbons (Fsp3) is 0. The molecule has 18 heavy (non-hydrogen) atoms. The predicted octanol–water partition coefficient (Wildman–Crippen LogP) is 4.35. The summed E-state index contributed by atoms with van der Waals surface area (Å²) in [5, 5.41) is 14.2. The fourth-order valence-corrected chi connectivity index (χ4v) is 2.48. The molecule has 0 fully saturated rings. The van der Waals surface area contributed by atoms with E-state index >= 15 is 0 Å². The SMILES string of the molecule is C=Cc1cn(-c2c(Cl)cc(Cl)cc2Cl)nc1C#N. The number of benzene rings is 1. The molecule has 0 N–H and O–H groups in total. The Balaban J connectivity index is 2.67. The summed E-state index contributed by atoms with van der Waals surface area (Å²) in [4.78, 5) is 0. The molecule has 0 radical (unpaired) electrons. The Morgan fingerprint density at radius 1 is 1.28 bits per heavy atom. The van der Waals surface area contributed by atoms with Gasteiger partial charge in [-0.25, -0.2) is 4.68 Å². The van der Waals surface area contributed by atoms with Crippen LogP contribution in [-0.2, 0) is 0 Å². The molecular formula is C12H6Cl3N3. The highest BCUT2D eigenvalue weighted by Gasteiger charge is 2.13. The maximum atomic E-state index is 8.93. The monoisotopic (exact) mass is 297 g/mol. The molecule has 90 valence electrons. The first-order valence-electron chi connectivity index (χ1n) is 4.84. The highest BCUT2D eigenvalue weighted by molar-refractivity contribution is 6.40. The Labute approximate surface area is 119 Å². The van der Waals surface area contributed by atoms with Gasteiger partial charge in [0.2, 0.25) is 0 Å². The molecule has 3 nitrogen and oxygen atoms in total. The van der Waals surface area contributed by atoms with Crippen LogP contribution in [0.4, 0.5) is 0 Å². The molecule has 0 spiro atoms. The van der Waals surface area contributed by atoms with Gasteiger partial charge in [-0.15, -0.1) is 0 Å². The zero-order valence-electron chi connectivity index (χ0n) is 8.99. The molecule has 2 aromatic rings. The molecule has 0 aliphatic heterocycles. The maximum absolute atomic E-state index is 8.93. The number of rotatable bonds is 2. The first-order chi connectivity index (χ1) is 8.56. The molecule has 1 aromatic carbocycles. The van der Waals surface area contributed by atoms with Crippen molar-refractivity contribution in [3.8, 4) is 11.8 Å². The Kier molecular flexibility index (Phi) is 3.63. The van der Waals surface area contributed by atoms with E-state index in [-0.39, 0.29) is 5.69 Å². The second-order valence-electron chi connectivity index (χ2n) is 3.41. The van der Waals surface area contributed by atoms with Crippen LogP contribution in [0.5, 0.6) is 0 Å². The third-order valence-corrected chi connectivity index (χ3v) is 3.07. The molecule has 6 heteroatoms. The van der Waals surface area contributed by atoms with Gasteiger partial charge in [-0.1, -0.05) is 47.5 Å². The van der Waals surface area contributed by atoms with Gasteiger partial charge in [-0.2, -0.15) is 10.4 Å². The lowest BCUT2D eigenvalue weighted by atomic mass is 10.2. The first kappa shape index (κ1) is 13.0. The largest absolute Gasteiger partial charge is 0.236 e. The van der Waals surface area contributed by atoms with Crippen LogP contribution >= 0.6 is 34.8 Å². The maximum Gasteiger partial charge on any atom is 0.170 e. The Morgan fingerprint density at radius 2 is 1.89 bits per heavy atom. The summed E-state index contributed by atoms with van der Waals surface area (Å²) in [5.74, 6) is 0. The van der Waals surface area contributed by atoms with Crippen LogP contribution in [0, 0.1) is 11.3 Å². The molecule has 0 saturated carbocycles. The van der Waals surface area contributed by atoms with Gasteiger partial charge in [0.1, 0.15) is 11.8 Å². The summed E-state index contributed by atoms with van der Waals surface area (Å²) < 4.78 is 1.44. The highest BCUT2D eigenvalue weighted by Crippen LogP contribution is 2.32. The van der Waals surface area contributed by atoms with Crippen molar-refractivity contribution in [1.82, 2.24) is 9.78 Å². The van der Waals surface area contributed by atoms with Crippen LogP contribution in [0.15, 0.2) is 24.9 Å². The van der Waals surface area contributed by atoms with E-state index in [9.17, 15) is 0 Å². The van der Waals surface area contributed by atoms with E-state index in [4.69, 9.17) is 40.1 Å². The van der Waals surface area contributed by atoms with E-state index in [0.29, 0.717) is 26.3 Å². The zero-order chi connectivity index (χ0) is 13.3. The smallest absolute Gasteiger partial charge is 0.170 e. The molecule has 2 rings (SSSR count). The van der Waals surface area contributed by atoms with E-state index in [1.165, 1.54) is 4.68 Å². The second-order valence-corrected chi connectivity index (χ2v) is 4.66. The van der Waals surface area contributed by atoms with Crippen molar-refractivity contribution in [2.75, 3.05) is 0 Å². The van der Waals surface area contributed by atoms with Gasteiger partial charge >= 0.3 is 0 Å². The van der Waals surface area contributed by atoms with Crippen molar-refractivity contribution < 1.29 is 0 Å². The van der Waals surface area contributed by atoms with E-state index in [0.717, 1.165) is 0 Å². The fourth-order valence-electron chi connectivity index (χ4n) is 1.49. The van der Waals surface area contributed by atoms with Crippen molar-refractivity contribution in [2.45, 2.75) is 0 Å². The molecule has 0 aliphatic rings. The summed E-state index contributed by atoms with van der Waals surface area (Å²) in [6.45, 7) is 3.61. The average Bonchev–Trinajstić information content (AvgIpc) is 2.70. The quantitative estimate of drug-likeness (QED) is 0.827. The molecule has 0 bridgehead atoms. The molecule has 0 aliphatic carbocycles. The number of hydrogen-bond acceptors (Lipinski definition) is 2.